The SMILES string of the molecule is CN1CCCN(C(=O)Nc2ccncc2F)c2nc(-c3cccc(CC(O)CO)c3)ccc21. The molecule has 2 aromatic heterocycles. The first-order chi connectivity index (χ1) is 16.0. The number of urea groups is 1. The Balaban J connectivity index is 1.68. The summed E-state index contributed by atoms with van der Waals surface area (Å²) in [6, 6.07) is 12.3. The van der Waals surface area contributed by atoms with Crippen molar-refractivity contribution in [2.75, 3.05) is 41.9 Å². The standard InChI is InChI=1S/C24H26FN5O3/c1-29-10-3-11-30(24(33)28-21-8-9-26-14-19(21)25)23-22(29)7-6-20(27-23)17-5-2-4-16(12-17)13-18(32)15-31/h2,4-9,12,14,18,31-32H,3,10-11,13,15H2,1H3,(H,26,28,33). The van der Waals surface area contributed by atoms with Crippen molar-refractivity contribution in [2.45, 2.75) is 18.9 Å². The molecule has 1 aliphatic rings. The van der Waals surface area contributed by atoms with E-state index in [-0.39, 0.29) is 12.3 Å². The first-order valence-electron chi connectivity index (χ1n) is 10.7. The fourth-order valence-corrected chi connectivity index (χ4v) is 3.84. The molecule has 3 heterocycles. The van der Waals surface area contributed by atoms with Crippen LogP contribution in [0.2, 0.25) is 0 Å². The van der Waals surface area contributed by atoms with E-state index in [0.29, 0.717) is 24.5 Å². The van der Waals surface area contributed by atoms with Gasteiger partial charge in [0.25, 0.3) is 0 Å². The average Bonchev–Trinajstić information content (AvgIpc) is 2.99. The van der Waals surface area contributed by atoms with Crippen LogP contribution in [-0.4, -0.2) is 59.1 Å². The third-order valence-electron chi connectivity index (χ3n) is 5.56. The van der Waals surface area contributed by atoms with E-state index in [1.807, 2.05) is 48.3 Å². The number of aliphatic hydroxyl groups excluding tert-OH is 2. The van der Waals surface area contributed by atoms with Gasteiger partial charge in [0.05, 0.1) is 36.0 Å². The zero-order valence-electron chi connectivity index (χ0n) is 18.3. The van der Waals surface area contributed by atoms with Crippen molar-refractivity contribution in [1.82, 2.24) is 9.97 Å². The highest BCUT2D eigenvalue weighted by Crippen LogP contribution is 2.33. The summed E-state index contributed by atoms with van der Waals surface area (Å²) in [6.45, 7) is 0.862. The molecule has 0 spiro atoms. The number of hydrogen-bond donors (Lipinski definition) is 3. The maximum absolute atomic E-state index is 14.0. The van der Waals surface area contributed by atoms with Crippen LogP contribution in [-0.2, 0) is 6.42 Å². The van der Waals surface area contributed by atoms with Gasteiger partial charge in [-0.15, -0.1) is 0 Å². The molecule has 1 unspecified atom stereocenters. The summed E-state index contributed by atoms with van der Waals surface area (Å²) in [7, 11) is 1.95. The Morgan fingerprint density at radius 3 is 2.88 bits per heavy atom. The van der Waals surface area contributed by atoms with Gasteiger partial charge in [0.1, 0.15) is 0 Å². The van der Waals surface area contributed by atoms with Crippen LogP contribution in [0.25, 0.3) is 11.3 Å². The minimum atomic E-state index is -0.832. The Bertz CT molecular complexity index is 1140. The number of aliphatic hydroxyl groups is 2. The fourth-order valence-electron chi connectivity index (χ4n) is 3.84. The van der Waals surface area contributed by atoms with Crippen LogP contribution in [0.3, 0.4) is 0 Å². The Hall–Kier alpha value is -3.56. The van der Waals surface area contributed by atoms with Crippen LogP contribution >= 0.6 is 0 Å². The number of aromatic nitrogens is 2. The van der Waals surface area contributed by atoms with Crippen molar-refractivity contribution in [3.63, 3.8) is 0 Å². The normalized spacial score (nSPS) is 14.4. The van der Waals surface area contributed by atoms with Gasteiger partial charge in [-0.05, 0) is 36.2 Å². The molecule has 1 atom stereocenters. The molecular formula is C24H26FN5O3. The van der Waals surface area contributed by atoms with Crippen LogP contribution in [0.5, 0.6) is 0 Å². The van der Waals surface area contributed by atoms with Gasteiger partial charge in [0.2, 0.25) is 0 Å². The molecule has 0 bridgehead atoms. The molecule has 0 radical (unpaired) electrons. The van der Waals surface area contributed by atoms with E-state index in [1.165, 1.54) is 17.2 Å². The van der Waals surface area contributed by atoms with Gasteiger partial charge < -0.3 is 20.4 Å². The van der Waals surface area contributed by atoms with E-state index in [0.717, 1.165) is 36.0 Å². The first kappa shape index (κ1) is 22.6. The molecule has 33 heavy (non-hydrogen) atoms. The Morgan fingerprint density at radius 1 is 1.24 bits per heavy atom. The average molecular weight is 452 g/mol. The predicted molar refractivity (Wildman–Crippen MR) is 125 cm³/mol. The van der Waals surface area contributed by atoms with Gasteiger partial charge in [-0.1, -0.05) is 18.2 Å². The highest BCUT2D eigenvalue weighted by molar-refractivity contribution is 6.03. The number of halogens is 1. The molecule has 2 amide bonds. The van der Waals surface area contributed by atoms with Crippen LogP contribution in [0.4, 0.5) is 26.4 Å². The number of amides is 2. The zero-order chi connectivity index (χ0) is 23.4. The molecule has 0 saturated heterocycles. The van der Waals surface area contributed by atoms with E-state index in [1.54, 1.807) is 0 Å². The summed E-state index contributed by atoms with van der Waals surface area (Å²) in [5, 5.41) is 21.5. The number of rotatable bonds is 5. The number of anilines is 3. The second-order valence-corrected chi connectivity index (χ2v) is 7.99. The van der Waals surface area contributed by atoms with E-state index in [9.17, 15) is 14.3 Å². The number of carbonyl (C=O) groups is 1. The monoisotopic (exact) mass is 451 g/mol. The number of carbonyl (C=O) groups excluding carboxylic acids is 1. The molecule has 0 saturated carbocycles. The van der Waals surface area contributed by atoms with Crippen LogP contribution in [0, 0.1) is 5.82 Å². The van der Waals surface area contributed by atoms with Crippen LogP contribution < -0.4 is 15.1 Å². The number of pyridine rings is 2. The number of nitrogens with zero attached hydrogens (tertiary/aromatic N) is 4. The van der Waals surface area contributed by atoms with Gasteiger partial charge in [0, 0.05) is 38.3 Å². The number of benzene rings is 1. The minimum Gasteiger partial charge on any atom is -0.394 e. The Labute approximate surface area is 191 Å². The van der Waals surface area contributed by atoms with Crippen molar-refractivity contribution in [1.29, 1.82) is 0 Å². The zero-order valence-corrected chi connectivity index (χ0v) is 18.3. The van der Waals surface area contributed by atoms with Crippen LogP contribution in [0.1, 0.15) is 12.0 Å². The lowest BCUT2D eigenvalue weighted by molar-refractivity contribution is 0.0955. The third-order valence-corrected chi connectivity index (χ3v) is 5.56. The number of hydrogen-bond acceptors (Lipinski definition) is 6. The third kappa shape index (κ3) is 5.10. The molecule has 1 aliphatic heterocycles. The Kier molecular flexibility index (Phi) is 6.81. The van der Waals surface area contributed by atoms with Gasteiger partial charge >= 0.3 is 6.03 Å². The highest BCUT2D eigenvalue weighted by atomic mass is 19.1. The minimum absolute atomic E-state index is 0.0560. The summed E-state index contributed by atoms with van der Waals surface area (Å²) in [5.41, 5.74) is 3.21. The van der Waals surface area contributed by atoms with E-state index in [2.05, 4.69) is 10.3 Å². The second kappa shape index (κ2) is 9.93. The lowest BCUT2D eigenvalue weighted by Gasteiger charge is -2.24. The van der Waals surface area contributed by atoms with E-state index < -0.39 is 18.0 Å². The van der Waals surface area contributed by atoms with Crippen molar-refractivity contribution in [2.24, 2.45) is 0 Å². The van der Waals surface area contributed by atoms with E-state index >= 15 is 0 Å². The highest BCUT2D eigenvalue weighted by Gasteiger charge is 2.26. The molecule has 0 aliphatic carbocycles. The topological polar surface area (TPSA) is 102 Å². The summed E-state index contributed by atoms with van der Waals surface area (Å²) < 4.78 is 14.0. The smallest absolute Gasteiger partial charge is 0.327 e. The largest absolute Gasteiger partial charge is 0.394 e. The van der Waals surface area contributed by atoms with Crippen molar-refractivity contribution in [3.05, 3.63) is 66.2 Å². The van der Waals surface area contributed by atoms with Gasteiger partial charge in [-0.2, -0.15) is 0 Å². The van der Waals surface area contributed by atoms with E-state index in [4.69, 9.17) is 10.1 Å². The molecule has 8 nitrogen and oxygen atoms in total. The molecule has 9 heteroatoms. The first-order valence-corrected chi connectivity index (χ1v) is 10.7. The summed E-state index contributed by atoms with van der Waals surface area (Å²) in [5.74, 6) is -0.123. The second-order valence-electron chi connectivity index (χ2n) is 7.99. The quantitative estimate of drug-likeness (QED) is 0.551. The molecular weight excluding hydrogens is 425 g/mol. The molecule has 1 aromatic carbocycles. The van der Waals surface area contributed by atoms with Crippen molar-refractivity contribution in [3.8, 4) is 11.3 Å². The number of nitrogens with one attached hydrogen (secondary N) is 1. The van der Waals surface area contributed by atoms with Crippen LogP contribution in [0.15, 0.2) is 54.9 Å². The summed E-state index contributed by atoms with van der Waals surface area (Å²) >= 11 is 0. The summed E-state index contributed by atoms with van der Waals surface area (Å²) in [4.78, 5) is 25.2. The lowest BCUT2D eigenvalue weighted by atomic mass is 10.0. The van der Waals surface area contributed by atoms with Gasteiger partial charge in [-0.3, -0.25) is 9.88 Å². The van der Waals surface area contributed by atoms with Gasteiger partial charge in [-0.25, -0.2) is 14.2 Å². The maximum atomic E-state index is 14.0. The Morgan fingerprint density at radius 2 is 2.09 bits per heavy atom. The van der Waals surface area contributed by atoms with Gasteiger partial charge in [0.15, 0.2) is 11.6 Å². The number of fused-ring (bicyclic) bond motifs is 1. The lowest BCUT2D eigenvalue weighted by Crippen LogP contribution is -2.36. The molecule has 3 aromatic rings. The van der Waals surface area contributed by atoms with Crippen molar-refractivity contribution >= 4 is 23.2 Å². The summed E-state index contributed by atoms with van der Waals surface area (Å²) in [6.07, 6.45) is 2.69. The van der Waals surface area contributed by atoms with Crippen molar-refractivity contribution < 1.29 is 19.4 Å². The molecule has 4 rings (SSSR count). The molecule has 0 fully saturated rings. The molecule has 172 valence electrons. The molecule has 3 N–H and O–H groups in total. The fraction of sp³-hybridized carbons (Fsp3) is 0.292. The predicted octanol–water partition coefficient (Wildman–Crippen LogP) is 3.06. The maximum Gasteiger partial charge on any atom is 0.327 e.